The largest absolute Gasteiger partial charge is 0.465 e. The summed E-state index contributed by atoms with van der Waals surface area (Å²) in [6.07, 6.45) is 5.66. The fourth-order valence-corrected chi connectivity index (χ4v) is 6.60. The van der Waals surface area contributed by atoms with E-state index in [1.54, 1.807) is 4.90 Å². The summed E-state index contributed by atoms with van der Waals surface area (Å²) in [5.41, 5.74) is 0. The number of carboxylic acid groups (broad SMARTS) is 1. The third-order valence-corrected chi connectivity index (χ3v) is 7.04. The Balaban J connectivity index is 1.54. The molecule has 4 saturated carbocycles. The van der Waals surface area contributed by atoms with Gasteiger partial charge in [-0.25, -0.2) is 9.59 Å². The van der Waals surface area contributed by atoms with Crippen LogP contribution in [-0.4, -0.2) is 46.9 Å². The van der Waals surface area contributed by atoms with Gasteiger partial charge in [0.15, 0.2) is 0 Å². The highest BCUT2D eigenvalue weighted by molar-refractivity contribution is 5.69. The molecule has 4 aliphatic carbocycles. The molecule has 6 nitrogen and oxygen atoms in total. The van der Waals surface area contributed by atoms with Crippen LogP contribution in [0.25, 0.3) is 0 Å². The molecule has 5 fully saturated rings. The molecule has 2 N–H and O–H groups in total. The van der Waals surface area contributed by atoms with E-state index in [-0.39, 0.29) is 18.2 Å². The van der Waals surface area contributed by atoms with Crippen molar-refractivity contribution >= 4 is 12.2 Å². The average molecular weight is 350 g/mol. The van der Waals surface area contributed by atoms with Gasteiger partial charge in [0.1, 0.15) is 0 Å². The van der Waals surface area contributed by atoms with Gasteiger partial charge in [0, 0.05) is 6.54 Å². The Kier molecular flexibility index (Phi) is 4.32. The fourth-order valence-electron chi connectivity index (χ4n) is 6.60. The normalized spacial score (nSPS) is 42.0. The molecule has 1 aliphatic heterocycles. The van der Waals surface area contributed by atoms with E-state index < -0.39 is 12.2 Å². The van der Waals surface area contributed by atoms with Crippen LogP contribution in [0.1, 0.15) is 52.4 Å². The topological polar surface area (TPSA) is 78.9 Å². The van der Waals surface area contributed by atoms with Crippen molar-refractivity contribution in [2.24, 2.45) is 29.6 Å². The zero-order chi connectivity index (χ0) is 17.7. The molecule has 1 heterocycles. The second-order valence-electron chi connectivity index (χ2n) is 8.97. The molecule has 4 bridgehead atoms. The second-order valence-corrected chi connectivity index (χ2v) is 8.97. The Bertz CT molecular complexity index is 522. The van der Waals surface area contributed by atoms with Crippen LogP contribution >= 0.6 is 0 Å². The van der Waals surface area contributed by atoms with Crippen LogP contribution in [0, 0.1) is 29.6 Å². The molecule has 5 rings (SSSR count). The Morgan fingerprint density at radius 3 is 2.20 bits per heavy atom. The molecular formula is C19H30N2O4. The highest BCUT2D eigenvalue weighted by atomic mass is 16.6. The maximum absolute atomic E-state index is 12.1. The summed E-state index contributed by atoms with van der Waals surface area (Å²) in [6.45, 7) is 4.16. The lowest BCUT2D eigenvalue weighted by Crippen LogP contribution is -2.58. The first-order valence-electron chi connectivity index (χ1n) is 9.89. The first-order chi connectivity index (χ1) is 11.9. The Morgan fingerprint density at radius 2 is 1.68 bits per heavy atom. The predicted octanol–water partition coefficient (Wildman–Crippen LogP) is 3.31. The minimum atomic E-state index is -0.847. The predicted molar refractivity (Wildman–Crippen MR) is 92.2 cm³/mol. The van der Waals surface area contributed by atoms with Gasteiger partial charge in [-0.05, 0) is 82.0 Å². The van der Waals surface area contributed by atoms with Crippen molar-refractivity contribution in [1.29, 1.82) is 0 Å². The monoisotopic (exact) mass is 350 g/mol. The van der Waals surface area contributed by atoms with Crippen LogP contribution in [0.3, 0.4) is 0 Å². The lowest BCUT2D eigenvalue weighted by Gasteiger charge is -2.57. The number of carbonyl (C=O) groups excluding carboxylic acids is 1. The number of alkyl carbamates (subject to hydrolysis) is 1. The number of amides is 2. The summed E-state index contributed by atoms with van der Waals surface area (Å²) in [5, 5.41) is 12.7. The van der Waals surface area contributed by atoms with Gasteiger partial charge in [0.2, 0.25) is 0 Å². The minimum absolute atomic E-state index is 0.0905. The van der Waals surface area contributed by atoms with Crippen LogP contribution < -0.4 is 5.32 Å². The van der Waals surface area contributed by atoms with E-state index in [4.69, 9.17) is 4.74 Å². The third-order valence-electron chi connectivity index (χ3n) is 7.04. The molecule has 2 atom stereocenters. The summed E-state index contributed by atoms with van der Waals surface area (Å²) in [7, 11) is 0. The molecule has 0 radical (unpaired) electrons. The van der Waals surface area contributed by atoms with Crippen LogP contribution in [0.4, 0.5) is 9.59 Å². The molecule has 2 amide bonds. The maximum Gasteiger partial charge on any atom is 0.407 e. The van der Waals surface area contributed by atoms with Gasteiger partial charge in [0.05, 0.1) is 18.2 Å². The first kappa shape index (κ1) is 17.0. The van der Waals surface area contributed by atoms with E-state index >= 15 is 0 Å². The zero-order valence-corrected chi connectivity index (χ0v) is 15.2. The van der Waals surface area contributed by atoms with Gasteiger partial charge < -0.3 is 20.1 Å². The molecule has 2 unspecified atom stereocenters. The third kappa shape index (κ3) is 3.08. The number of likely N-dealkylation sites (tertiary alicyclic amines) is 1. The molecule has 0 aromatic rings. The summed E-state index contributed by atoms with van der Waals surface area (Å²) < 4.78 is 5.25. The van der Waals surface area contributed by atoms with E-state index in [1.165, 1.54) is 32.1 Å². The van der Waals surface area contributed by atoms with E-state index in [0.29, 0.717) is 30.7 Å². The second kappa shape index (κ2) is 6.36. The van der Waals surface area contributed by atoms with Crippen LogP contribution in [-0.2, 0) is 4.74 Å². The molecule has 0 spiro atoms. The molecule has 0 aromatic carbocycles. The molecule has 25 heavy (non-hydrogen) atoms. The number of ether oxygens (including phenoxy) is 1. The van der Waals surface area contributed by atoms with Crippen LogP contribution in [0.15, 0.2) is 0 Å². The van der Waals surface area contributed by atoms with Crippen LogP contribution in [0.2, 0.25) is 0 Å². The quantitative estimate of drug-likeness (QED) is 0.818. The van der Waals surface area contributed by atoms with E-state index in [9.17, 15) is 14.7 Å². The molecular weight excluding hydrogens is 320 g/mol. The van der Waals surface area contributed by atoms with Gasteiger partial charge in [-0.3, -0.25) is 0 Å². The van der Waals surface area contributed by atoms with Crippen molar-refractivity contribution in [3.63, 3.8) is 0 Å². The summed E-state index contributed by atoms with van der Waals surface area (Å²) >= 11 is 0. The van der Waals surface area contributed by atoms with Gasteiger partial charge in [-0.1, -0.05) is 0 Å². The average Bonchev–Trinajstić information content (AvgIpc) is 2.89. The first-order valence-corrected chi connectivity index (χ1v) is 9.89. The van der Waals surface area contributed by atoms with Gasteiger partial charge in [-0.2, -0.15) is 0 Å². The number of hydrogen-bond donors (Lipinski definition) is 2. The summed E-state index contributed by atoms with van der Waals surface area (Å²) in [5.74, 6) is 3.38. The molecule has 140 valence electrons. The number of rotatable bonds is 3. The standard InChI is InChI=1S/C19H30N2O4/c1-10(2)25-18(22)20-15-3-4-21(19(23)24)17(15)16-13-6-11-5-12(8-13)9-14(16)7-11/h10-17H,3-9H2,1-2H3,(H,20,22)(H,23,24). The highest BCUT2D eigenvalue weighted by Crippen LogP contribution is 2.58. The van der Waals surface area contributed by atoms with Crippen molar-refractivity contribution in [3.8, 4) is 0 Å². The lowest BCUT2D eigenvalue weighted by atomic mass is 9.50. The van der Waals surface area contributed by atoms with Gasteiger partial charge in [-0.15, -0.1) is 0 Å². The Labute approximate surface area is 149 Å². The molecule has 1 saturated heterocycles. The Morgan fingerprint density at radius 1 is 1.08 bits per heavy atom. The van der Waals surface area contributed by atoms with E-state index in [1.807, 2.05) is 13.8 Å². The van der Waals surface area contributed by atoms with Crippen molar-refractivity contribution < 1.29 is 19.4 Å². The zero-order valence-electron chi connectivity index (χ0n) is 15.2. The molecule has 0 aromatic heterocycles. The maximum atomic E-state index is 12.1. The number of hydrogen-bond acceptors (Lipinski definition) is 3. The van der Waals surface area contributed by atoms with Crippen molar-refractivity contribution in [2.45, 2.75) is 70.6 Å². The van der Waals surface area contributed by atoms with Gasteiger partial charge in [0.25, 0.3) is 0 Å². The SMILES string of the molecule is CC(C)OC(=O)NC1CCN(C(=O)O)C1C1C2CC3CC(C2)CC1C3. The van der Waals surface area contributed by atoms with Gasteiger partial charge >= 0.3 is 12.2 Å². The molecule has 5 aliphatic rings. The van der Waals surface area contributed by atoms with E-state index in [2.05, 4.69) is 5.32 Å². The van der Waals surface area contributed by atoms with Crippen LogP contribution in [0.5, 0.6) is 0 Å². The lowest BCUT2D eigenvalue weighted by molar-refractivity contribution is -0.0675. The van der Waals surface area contributed by atoms with Crippen molar-refractivity contribution in [1.82, 2.24) is 10.2 Å². The minimum Gasteiger partial charge on any atom is -0.465 e. The van der Waals surface area contributed by atoms with Crippen molar-refractivity contribution in [2.75, 3.05) is 6.54 Å². The number of carbonyl (C=O) groups is 2. The Hall–Kier alpha value is -1.46. The summed E-state index contributed by atoms with van der Waals surface area (Å²) in [6, 6.07) is -0.211. The number of nitrogens with one attached hydrogen (secondary N) is 1. The van der Waals surface area contributed by atoms with E-state index in [0.717, 1.165) is 11.8 Å². The number of nitrogens with zero attached hydrogens (tertiary/aromatic N) is 1. The fraction of sp³-hybridized carbons (Fsp3) is 0.895. The summed E-state index contributed by atoms with van der Waals surface area (Å²) in [4.78, 5) is 25.6. The smallest absolute Gasteiger partial charge is 0.407 e. The van der Waals surface area contributed by atoms with Crippen molar-refractivity contribution in [3.05, 3.63) is 0 Å². The highest BCUT2D eigenvalue weighted by Gasteiger charge is 2.55. The molecule has 6 heteroatoms.